The van der Waals surface area contributed by atoms with E-state index in [2.05, 4.69) is 32.0 Å². The maximum absolute atomic E-state index is 5.62. The molecular formula is C15H27N5O. The first-order valence-corrected chi connectivity index (χ1v) is 7.81. The van der Waals surface area contributed by atoms with E-state index in [0.717, 1.165) is 57.3 Å². The molecule has 1 aromatic heterocycles. The zero-order valence-corrected chi connectivity index (χ0v) is 13.4. The van der Waals surface area contributed by atoms with Gasteiger partial charge in [-0.25, -0.2) is 4.98 Å². The largest absolute Gasteiger partial charge is 0.478 e. The maximum Gasteiger partial charge on any atom is 0.228 e. The summed E-state index contributed by atoms with van der Waals surface area (Å²) in [5.74, 6) is 1.42. The van der Waals surface area contributed by atoms with Gasteiger partial charge in [0.25, 0.3) is 0 Å². The number of nitrogens with one attached hydrogen (secondary N) is 1. The molecule has 0 saturated carbocycles. The lowest BCUT2D eigenvalue weighted by Crippen LogP contribution is -2.46. The van der Waals surface area contributed by atoms with Gasteiger partial charge in [-0.15, -0.1) is 0 Å². The Labute approximate surface area is 127 Å². The van der Waals surface area contributed by atoms with Gasteiger partial charge in [0.1, 0.15) is 0 Å². The number of anilines is 1. The van der Waals surface area contributed by atoms with Gasteiger partial charge >= 0.3 is 0 Å². The molecule has 118 valence electrons. The lowest BCUT2D eigenvalue weighted by molar-refractivity contribution is 0.246. The predicted molar refractivity (Wildman–Crippen MR) is 85.1 cm³/mol. The molecule has 1 aromatic rings. The van der Waals surface area contributed by atoms with Crippen molar-refractivity contribution in [3.63, 3.8) is 0 Å². The van der Waals surface area contributed by atoms with E-state index >= 15 is 0 Å². The first-order valence-electron chi connectivity index (χ1n) is 7.81. The van der Waals surface area contributed by atoms with Crippen LogP contribution in [0.25, 0.3) is 0 Å². The Morgan fingerprint density at radius 3 is 2.81 bits per heavy atom. The van der Waals surface area contributed by atoms with Crippen LogP contribution in [0.4, 0.5) is 5.95 Å². The van der Waals surface area contributed by atoms with Crippen molar-refractivity contribution in [3.05, 3.63) is 11.8 Å². The molecule has 1 fully saturated rings. The minimum Gasteiger partial charge on any atom is -0.478 e. The second-order valence-corrected chi connectivity index (χ2v) is 5.51. The summed E-state index contributed by atoms with van der Waals surface area (Å²) in [6.07, 6.45) is 0.983. The number of aromatic nitrogens is 2. The quantitative estimate of drug-likeness (QED) is 0.807. The van der Waals surface area contributed by atoms with Gasteiger partial charge in [-0.05, 0) is 13.3 Å². The van der Waals surface area contributed by atoms with Crippen molar-refractivity contribution in [2.75, 3.05) is 57.8 Å². The Bertz CT molecular complexity index is 434. The fraction of sp³-hybridized carbons (Fsp3) is 0.733. The van der Waals surface area contributed by atoms with Crippen LogP contribution in [0.2, 0.25) is 0 Å². The van der Waals surface area contributed by atoms with Crippen LogP contribution in [0.3, 0.4) is 0 Å². The van der Waals surface area contributed by atoms with Crippen LogP contribution >= 0.6 is 0 Å². The van der Waals surface area contributed by atoms with E-state index in [1.54, 1.807) is 0 Å². The Kier molecular flexibility index (Phi) is 6.20. The number of ether oxygens (including phenoxy) is 1. The Morgan fingerprint density at radius 2 is 2.10 bits per heavy atom. The molecule has 6 nitrogen and oxygen atoms in total. The molecule has 0 amide bonds. The summed E-state index contributed by atoms with van der Waals surface area (Å²) in [4.78, 5) is 13.6. The van der Waals surface area contributed by atoms with Crippen molar-refractivity contribution in [2.45, 2.75) is 20.3 Å². The van der Waals surface area contributed by atoms with Crippen LogP contribution in [-0.4, -0.2) is 67.8 Å². The SMILES string of the molecule is CCCOc1cc(C)nc(N(C)CCN2CCNCC2)n1. The van der Waals surface area contributed by atoms with Crippen molar-refractivity contribution in [3.8, 4) is 5.88 Å². The van der Waals surface area contributed by atoms with Crippen LogP contribution < -0.4 is 15.0 Å². The van der Waals surface area contributed by atoms with Crippen LogP contribution in [0.1, 0.15) is 19.0 Å². The molecule has 6 heteroatoms. The van der Waals surface area contributed by atoms with E-state index in [0.29, 0.717) is 12.5 Å². The molecule has 0 aliphatic carbocycles. The summed E-state index contributed by atoms with van der Waals surface area (Å²) >= 11 is 0. The monoisotopic (exact) mass is 293 g/mol. The van der Waals surface area contributed by atoms with E-state index in [9.17, 15) is 0 Å². The summed E-state index contributed by atoms with van der Waals surface area (Å²) < 4.78 is 5.62. The molecule has 1 aliphatic heterocycles. The van der Waals surface area contributed by atoms with Crippen molar-refractivity contribution in [1.29, 1.82) is 0 Å². The number of likely N-dealkylation sites (N-methyl/N-ethyl adjacent to an activating group) is 1. The van der Waals surface area contributed by atoms with Gasteiger partial charge in [0, 0.05) is 58.1 Å². The number of rotatable bonds is 7. The molecule has 2 heterocycles. The summed E-state index contributed by atoms with van der Waals surface area (Å²) in [5.41, 5.74) is 0.945. The van der Waals surface area contributed by atoms with Gasteiger partial charge in [-0.2, -0.15) is 4.98 Å². The third-order valence-corrected chi connectivity index (χ3v) is 3.58. The Balaban J connectivity index is 1.90. The van der Waals surface area contributed by atoms with Crippen molar-refractivity contribution in [1.82, 2.24) is 20.2 Å². The third kappa shape index (κ3) is 5.13. The molecule has 0 bridgehead atoms. The number of nitrogens with zero attached hydrogens (tertiary/aromatic N) is 4. The molecule has 2 rings (SSSR count). The van der Waals surface area contributed by atoms with Gasteiger partial charge in [0.05, 0.1) is 6.61 Å². The Morgan fingerprint density at radius 1 is 1.33 bits per heavy atom. The molecule has 1 N–H and O–H groups in total. The minimum atomic E-state index is 0.674. The second-order valence-electron chi connectivity index (χ2n) is 5.51. The number of hydrogen-bond acceptors (Lipinski definition) is 6. The Hall–Kier alpha value is -1.40. The standard InChI is InChI=1S/C15H27N5O/c1-4-11-21-14-12-13(2)17-15(18-14)19(3)9-10-20-7-5-16-6-8-20/h12,16H,4-11H2,1-3H3. The van der Waals surface area contributed by atoms with E-state index < -0.39 is 0 Å². The van der Waals surface area contributed by atoms with Gasteiger partial charge in [-0.3, -0.25) is 4.90 Å². The number of piperazine rings is 1. The van der Waals surface area contributed by atoms with Gasteiger partial charge in [0.2, 0.25) is 11.8 Å². The van der Waals surface area contributed by atoms with E-state index in [1.165, 1.54) is 0 Å². The molecule has 0 spiro atoms. The average molecular weight is 293 g/mol. The van der Waals surface area contributed by atoms with Crippen LogP contribution in [0, 0.1) is 6.92 Å². The zero-order valence-electron chi connectivity index (χ0n) is 13.4. The molecular weight excluding hydrogens is 266 g/mol. The lowest BCUT2D eigenvalue weighted by Gasteiger charge is -2.29. The van der Waals surface area contributed by atoms with Gasteiger partial charge in [0.15, 0.2) is 0 Å². The highest BCUT2D eigenvalue weighted by Crippen LogP contribution is 2.14. The van der Waals surface area contributed by atoms with Gasteiger partial charge < -0.3 is 15.0 Å². The molecule has 21 heavy (non-hydrogen) atoms. The summed E-state index contributed by atoms with van der Waals surface area (Å²) in [6, 6.07) is 1.89. The van der Waals surface area contributed by atoms with Crippen LogP contribution in [0.5, 0.6) is 5.88 Å². The van der Waals surface area contributed by atoms with Crippen molar-refractivity contribution < 1.29 is 4.74 Å². The lowest BCUT2D eigenvalue weighted by atomic mass is 10.3. The molecule has 0 unspecified atom stereocenters. The summed E-state index contributed by atoms with van der Waals surface area (Å²) in [7, 11) is 2.04. The molecule has 1 aliphatic rings. The van der Waals surface area contributed by atoms with Crippen LogP contribution in [-0.2, 0) is 0 Å². The van der Waals surface area contributed by atoms with E-state index in [-0.39, 0.29) is 0 Å². The number of hydrogen-bond donors (Lipinski definition) is 1. The zero-order chi connectivity index (χ0) is 15.1. The second kappa shape index (κ2) is 8.14. The van der Waals surface area contributed by atoms with Crippen molar-refractivity contribution >= 4 is 5.95 Å². The van der Waals surface area contributed by atoms with Crippen molar-refractivity contribution in [2.24, 2.45) is 0 Å². The molecule has 1 saturated heterocycles. The molecule has 0 radical (unpaired) electrons. The van der Waals surface area contributed by atoms with Gasteiger partial charge in [-0.1, -0.05) is 6.92 Å². The van der Waals surface area contributed by atoms with Crippen LogP contribution in [0.15, 0.2) is 6.07 Å². The highest BCUT2D eigenvalue weighted by atomic mass is 16.5. The first kappa shape index (κ1) is 16.0. The topological polar surface area (TPSA) is 53.5 Å². The first-order chi connectivity index (χ1) is 10.2. The molecule has 0 atom stereocenters. The highest BCUT2D eigenvalue weighted by Gasteiger charge is 2.12. The fourth-order valence-electron chi connectivity index (χ4n) is 2.30. The summed E-state index contributed by atoms with van der Waals surface area (Å²) in [6.45, 7) is 11.1. The average Bonchev–Trinajstić information content (AvgIpc) is 2.51. The summed E-state index contributed by atoms with van der Waals surface area (Å²) in [5, 5.41) is 3.37. The number of aryl methyl sites for hydroxylation is 1. The maximum atomic E-state index is 5.62. The predicted octanol–water partition coefficient (Wildman–Crippen LogP) is 0.915. The molecule has 0 aromatic carbocycles. The third-order valence-electron chi connectivity index (χ3n) is 3.58. The normalized spacial score (nSPS) is 16.0. The van der Waals surface area contributed by atoms with E-state index in [4.69, 9.17) is 4.74 Å². The fourth-order valence-corrected chi connectivity index (χ4v) is 2.30. The minimum absolute atomic E-state index is 0.674. The smallest absolute Gasteiger partial charge is 0.228 e. The highest BCUT2D eigenvalue weighted by molar-refractivity contribution is 5.33. The van der Waals surface area contributed by atoms with E-state index in [1.807, 2.05) is 20.0 Å².